The Balaban J connectivity index is 1.35. The normalized spacial score (nSPS) is 11.5. The number of H-pyrrole nitrogens is 1. The lowest BCUT2D eigenvalue weighted by Crippen LogP contribution is -2.30. The van der Waals surface area contributed by atoms with Crippen molar-refractivity contribution in [3.8, 4) is 11.4 Å². The third-order valence-electron chi connectivity index (χ3n) is 4.86. The van der Waals surface area contributed by atoms with Crippen LogP contribution < -0.4 is 10.0 Å². The number of aromatic amines is 1. The molecule has 1 amide bonds. The van der Waals surface area contributed by atoms with E-state index in [0.29, 0.717) is 28.4 Å². The highest BCUT2D eigenvalue weighted by atomic mass is 35.5. The fourth-order valence-electron chi connectivity index (χ4n) is 3.16. The lowest BCUT2D eigenvalue weighted by Gasteiger charge is -2.08. The minimum absolute atomic E-state index is 0.00887. The van der Waals surface area contributed by atoms with Crippen molar-refractivity contribution in [3.63, 3.8) is 0 Å². The Morgan fingerprint density at radius 2 is 1.75 bits per heavy atom. The number of hydrogen-bond donors (Lipinski definition) is 3. The molecule has 4 aromatic rings. The quantitative estimate of drug-likeness (QED) is 0.365. The maximum atomic E-state index is 12.7. The largest absolute Gasteiger partial charge is 0.352 e. The van der Waals surface area contributed by atoms with E-state index in [4.69, 9.17) is 11.6 Å². The van der Waals surface area contributed by atoms with Gasteiger partial charge in [-0.3, -0.25) is 4.79 Å². The molecule has 0 saturated heterocycles. The van der Waals surface area contributed by atoms with Crippen molar-refractivity contribution >= 4 is 38.6 Å². The van der Waals surface area contributed by atoms with Gasteiger partial charge in [0.15, 0.2) is 0 Å². The van der Waals surface area contributed by atoms with E-state index < -0.39 is 10.0 Å². The van der Waals surface area contributed by atoms with Crippen LogP contribution in [-0.2, 0) is 21.4 Å². The number of sulfonamides is 1. The molecule has 0 bridgehead atoms. The topological polar surface area (TPSA) is 104 Å². The molecule has 0 spiro atoms. The monoisotopic (exact) mass is 468 g/mol. The van der Waals surface area contributed by atoms with Crippen LogP contribution in [0, 0.1) is 0 Å². The number of fused-ring (bicyclic) bond motifs is 1. The summed E-state index contributed by atoms with van der Waals surface area (Å²) in [6.07, 6.45) is 0.0251. The van der Waals surface area contributed by atoms with Gasteiger partial charge in [0.1, 0.15) is 5.82 Å². The minimum atomic E-state index is -3.77. The number of benzene rings is 3. The first-order valence-corrected chi connectivity index (χ1v) is 11.8. The summed E-state index contributed by atoms with van der Waals surface area (Å²) < 4.78 is 27.8. The second kappa shape index (κ2) is 9.52. The Bertz CT molecular complexity index is 1340. The fourth-order valence-corrected chi connectivity index (χ4v) is 4.35. The van der Waals surface area contributed by atoms with Crippen LogP contribution in [-0.4, -0.2) is 30.8 Å². The Morgan fingerprint density at radius 1 is 1.00 bits per heavy atom. The second-order valence-corrected chi connectivity index (χ2v) is 9.38. The number of hydrogen-bond acceptors (Lipinski definition) is 4. The van der Waals surface area contributed by atoms with Gasteiger partial charge in [-0.25, -0.2) is 18.1 Å². The van der Waals surface area contributed by atoms with Crippen molar-refractivity contribution in [1.82, 2.24) is 20.0 Å². The number of imidazole rings is 1. The van der Waals surface area contributed by atoms with E-state index in [9.17, 15) is 13.2 Å². The highest BCUT2D eigenvalue weighted by Crippen LogP contribution is 2.22. The molecular weight excluding hydrogens is 448 g/mol. The summed E-state index contributed by atoms with van der Waals surface area (Å²) in [5, 5.41) is 3.38. The first-order chi connectivity index (χ1) is 15.4. The van der Waals surface area contributed by atoms with E-state index in [1.165, 1.54) is 12.1 Å². The van der Waals surface area contributed by atoms with Crippen LogP contribution in [0.3, 0.4) is 0 Å². The van der Waals surface area contributed by atoms with Gasteiger partial charge in [-0.15, -0.1) is 0 Å². The number of carbonyl (C=O) groups excluding carboxylic acids is 1. The number of nitrogens with zero attached hydrogens (tertiary/aromatic N) is 1. The Kier molecular flexibility index (Phi) is 6.55. The number of aromatic nitrogens is 2. The summed E-state index contributed by atoms with van der Waals surface area (Å²) in [7, 11) is -3.77. The van der Waals surface area contributed by atoms with Gasteiger partial charge in [0.2, 0.25) is 15.9 Å². The Hall–Kier alpha value is -3.20. The molecule has 0 saturated carbocycles. The predicted octanol–water partition coefficient (Wildman–Crippen LogP) is 3.87. The number of nitrogens with one attached hydrogen (secondary N) is 3. The fraction of sp³-hybridized carbons (Fsp3) is 0.130. The third kappa shape index (κ3) is 5.34. The van der Waals surface area contributed by atoms with Gasteiger partial charge in [-0.2, -0.15) is 0 Å². The molecule has 7 nitrogen and oxygen atoms in total. The SMILES string of the molecule is O=C(CCNS(=O)(=O)c1ccc2nc(-c3ccccc3)[nH]c2c1)NCc1ccc(Cl)cc1. The van der Waals surface area contributed by atoms with Crippen molar-refractivity contribution in [2.24, 2.45) is 0 Å². The average molecular weight is 469 g/mol. The van der Waals surface area contributed by atoms with E-state index in [0.717, 1.165) is 11.1 Å². The molecule has 4 rings (SSSR count). The van der Waals surface area contributed by atoms with Gasteiger partial charge in [-0.05, 0) is 35.9 Å². The summed E-state index contributed by atoms with van der Waals surface area (Å²) >= 11 is 5.84. The predicted molar refractivity (Wildman–Crippen MR) is 125 cm³/mol. The average Bonchev–Trinajstić information content (AvgIpc) is 3.23. The van der Waals surface area contributed by atoms with Gasteiger partial charge in [-0.1, -0.05) is 54.1 Å². The third-order valence-corrected chi connectivity index (χ3v) is 6.57. The maximum absolute atomic E-state index is 12.7. The summed E-state index contributed by atoms with van der Waals surface area (Å²) in [6, 6.07) is 21.4. The molecule has 0 unspecified atom stereocenters. The van der Waals surface area contributed by atoms with Crippen LogP contribution in [0.25, 0.3) is 22.4 Å². The summed E-state index contributed by atoms with van der Waals surface area (Å²) in [5.41, 5.74) is 3.11. The van der Waals surface area contributed by atoms with Crippen LogP contribution in [0.2, 0.25) is 5.02 Å². The molecule has 0 fully saturated rings. The van der Waals surface area contributed by atoms with Crippen molar-refractivity contribution in [2.75, 3.05) is 6.54 Å². The van der Waals surface area contributed by atoms with Crippen LogP contribution in [0.15, 0.2) is 77.7 Å². The highest BCUT2D eigenvalue weighted by molar-refractivity contribution is 7.89. The summed E-state index contributed by atoms with van der Waals surface area (Å²) in [5.74, 6) is 0.416. The Morgan fingerprint density at radius 3 is 2.50 bits per heavy atom. The number of carbonyl (C=O) groups is 1. The lowest BCUT2D eigenvalue weighted by atomic mass is 10.2. The zero-order chi connectivity index (χ0) is 22.6. The Labute approximate surface area is 190 Å². The van der Waals surface area contributed by atoms with Gasteiger partial charge in [0, 0.05) is 30.1 Å². The summed E-state index contributed by atoms with van der Waals surface area (Å²) in [4.78, 5) is 19.8. The molecule has 1 heterocycles. The molecule has 0 aliphatic heterocycles. The molecule has 0 aliphatic rings. The van der Waals surface area contributed by atoms with Crippen LogP contribution in [0.5, 0.6) is 0 Å². The smallest absolute Gasteiger partial charge is 0.240 e. The van der Waals surface area contributed by atoms with Crippen LogP contribution in [0.1, 0.15) is 12.0 Å². The second-order valence-electron chi connectivity index (χ2n) is 7.18. The number of halogens is 1. The van der Waals surface area contributed by atoms with E-state index in [1.807, 2.05) is 42.5 Å². The molecule has 32 heavy (non-hydrogen) atoms. The molecule has 0 aliphatic carbocycles. The van der Waals surface area contributed by atoms with Gasteiger partial charge in [0.25, 0.3) is 0 Å². The van der Waals surface area contributed by atoms with Crippen molar-refractivity contribution < 1.29 is 13.2 Å². The standard InChI is InChI=1S/C23H21ClN4O3S/c24-18-8-6-16(7-9-18)15-25-22(29)12-13-26-32(30,31)19-10-11-20-21(14-19)28-23(27-20)17-4-2-1-3-5-17/h1-11,14,26H,12-13,15H2,(H,25,29)(H,27,28). The minimum Gasteiger partial charge on any atom is -0.352 e. The molecule has 1 aromatic heterocycles. The van der Waals surface area contributed by atoms with Crippen molar-refractivity contribution in [2.45, 2.75) is 17.9 Å². The molecule has 0 radical (unpaired) electrons. The van der Waals surface area contributed by atoms with Gasteiger partial charge >= 0.3 is 0 Å². The van der Waals surface area contributed by atoms with Crippen LogP contribution >= 0.6 is 11.6 Å². The van der Waals surface area contributed by atoms with Gasteiger partial charge in [0.05, 0.1) is 15.9 Å². The maximum Gasteiger partial charge on any atom is 0.240 e. The molecule has 3 N–H and O–H groups in total. The zero-order valence-electron chi connectivity index (χ0n) is 17.0. The number of rotatable bonds is 8. The summed E-state index contributed by atoms with van der Waals surface area (Å²) in [6.45, 7) is 0.341. The van der Waals surface area contributed by atoms with Crippen molar-refractivity contribution in [1.29, 1.82) is 0 Å². The first kappa shape index (κ1) is 22.0. The van der Waals surface area contributed by atoms with Crippen LogP contribution in [0.4, 0.5) is 0 Å². The zero-order valence-corrected chi connectivity index (χ0v) is 18.6. The van der Waals surface area contributed by atoms with E-state index >= 15 is 0 Å². The molecule has 0 atom stereocenters. The molecular formula is C23H21ClN4O3S. The molecule has 164 valence electrons. The molecule has 3 aromatic carbocycles. The molecule has 9 heteroatoms. The number of amides is 1. The van der Waals surface area contributed by atoms with E-state index in [-0.39, 0.29) is 23.8 Å². The first-order valence-electron chi connectivity index (χ1n) is 9.97. The lowest BCUT2D eigenvalue weighted by molar-refractivity contribution is -0.121. The van der Waals surface area contributed by atoms with Crippen molar-refractivity contribution in [3.05, 3.63) is 83.4 Å². The van der Waals surface area contributed by atoms with E-state index in [2.05, 4.69) is 20.0 Å². The highest BCUT2D eigenvalue weighted by Gasteiger charge is 2.16. The van der Waals surface area contributed by atoms with E-state index in [1.54, 1.807) is 18.2 Å². The van der Waals surface area contributed by atoms with Gasteiger partial charge < -0.3 is 10.3 Å².